The van der Waals surface area contributed by atoms with E-state index in [9.17, 15) is 4.79 Å². The molecule has 4 nitrogen and oxygen atoms in total. The summed E-state index contributed by atoms with van der Waals surface area (Å²) in [5, 5.41) is 6.26. The van der Waals surface area contributed by atoms with Crippen molar-refractivity contribution in [3.63, 3.8) is 0 Å². The van der Waals surface area contributed by atoms with E-state index in [0.29, 0.717) is 11.5 Å². The molecule has 0 heterocycles. The molecular formula is C17H27N3O. The Morgan fingerprint density at radius 1 is 1.29 bits per heavy atom. The Morgan fingerprint density at radius 2 is 1.90 bits per heavy atom. The van der Waals surface area contributed by atoms with E-state index in [1.807, 2.05) is 24.3 Å². The Morgan fingerprint density at radius 3 is 2.43 bits per heavy atom. The fourth-order valence-electron chi connectivity index (χ4n) is 3.27. The molecule has 2 rings (SSSR count). The molecule has 21 heavy (non-hydrogen) atoms. The summed E-state index contributed by atoms with van der Waals surface area (Å²) in [5.41, 5.74) is 7.58. The van der Waals surface area contributed by atoms with E-state index in [1.165, 1.54) is 37.7 Å². The maximum atomic E-state index is 10.8. The van der Waals surface area contributed by atoms with Crippen molar-refractivity contribution in [1.29, 1.82) is 0 Å². The zero-order valence-corrected chi connectivity index (χ0v) is 13.1. The van der Waals surface area contributed by atoms with Crippen molar-refractivity contribution in [2.75, 3.05) is 11.9 Å². The number of carbonyl (C=O) groups is 1. The Kier molecular flexibility index (Phi) is 5.23. The van der Waals surface area contributed by atoms with Gasteiger partial charge >= 0.3 is 6.03 Å². The molecule has 1 aliphatic rings. The first-order chi connectivity index (χ1) is 10.0. The third-order valence-electron chi connectivity index (χ3n) is 4.88. The number of urea groups is 1. The smallest absolute Gasteiger partial charge is 0.316 e. The number of anilines is 1. The maximum Gasteiger partial charge on any atom is 0.316 e. The van der Waals surface area contributed by atoms with E-state index >= 15 is 0 Å². The predicted octanol–water partition coefficient (Wildman–Crippen LogP) is 3.80. The zero-order chi connectivity index (χ0) is 15.3. The largest absolute Gasteiger partial charge is 0.351 e. The number of benzene rings is 1. The molecule has 0 bridgehead atoms. The minimum absolute atomic E-state index is 0.316. The lowest BCUT2D eigenvalue weighted by atomic mass is 9.83. The summed E-state index contributed by atoms with van der Waals surface area (Å²) in [5.74, 6) is 0. The molecular weight excluding hydrogens is 262 g/mol. The molecule has 0 aliphatic heterocycles. The monoisotopic (exact) mass is 289 g/mol. The highest BCUT2D eigenvalue weighted by atomic mass is 16.2. The van der Waals surface area contributed by atoms with E-state index in [1.54, 1.807) is 0 Å². The van der Waals surface area contributed by atoms with Crippen molar-refractivity contribution in [3.8, 4) is 0 Å². The molecule has 1 aromatic carbocycles. The first-order valence-corrected chi connectivity index (χ1v) is 7.94. The van der Waals surface area contributed by atoms with Crippen LogP contribution in [0.25, 0.3) is 0 Å². The molecule has 4 heteroatoms. The van der Waals surface area contributed by atoms with Gasteiger partial charge in [-0.3, -0.25) is 0 Å². The van der Waals surface area contributed by atoms with E-state index < -0.39 is 6.03 Å². The highest BCUT2D eigenvalue weighted by Crippen LogP contribution is 2.40. The van der Waals surface area contributed by atoms with Gasteiger partial charge in [-0.05, 0) is 49.3 Å². The standard InChI is InChI=1S/C17H27N3O/c1-3-17(10-4-5-11-17)12-19-13(2)14-6-8-15(9-7-14)20-16(18)21/h6-9,13,19H,3-5,10-12H2,1-2H3,(H3,18,20,21). The van der Waals surface area contributed by atoms with Crippen molar-refractivity contribution < 1.29 is 4.79 Å². The van der Waals surface area contributed by atoms with Crippen LogP contribution in [0.1, 0.15) is 57.6 Å². The van der Waals surface area contributed by atoms with Crippen LogP contribution in [0, 0.1) is 5.41 Å². The zero-order valence-electron chi connectivity index (χ0n) is 13.1. The second-order valence-electron chi connectivity index (χ2n) is 6.27. The van der Waals surface area contributed by atoms with Gasteiger partial charge in [0.15, 0.2) is 0 Å². The van der Waals surface area contributed by atoms with Gasteiger partial charge in [-0.1, -0.05) is 31.9 Å². The van der Waals surface area contributed by atoms with Gasteiger partial charge in [0.1, 0.15) is 0 Å². The molecule has 116 valence electrons. The molecule has 1 aliphatic carbocycles. The average molecular weight is 289 g/mol. The molecule has 1 atom stereocenters. The van der Waals surface area contributed by atoms with Crippen LogP contribution in [0.3, 0.4) is 0 Å². The molecule has 1 aromatic rings. The molecule has 1 fully saturated rings. The fraction of sp³-hybridized carbons (Fsp3) is 0.588. The summed E-state index contributed by atoms with van der Waals surface area (Å²) in [6.07, 6.45) is 6.71. The highest BCUT2D eigenvalue weighted by molar-refractivity contribution is 5.87. The third-order valence-corrected chi connectivity index (χ3v) is 4.88. The molecule has 0 saturated heterocycles. The first-order valence-electron chi connectivity index (χ1n) is 7.94. The Balaban J connectivity index is 1.90. The minimum atomic E-state index is -0.528. The number of rotatable bonds is 6. The summed E-state index contributed by atoms with van der Waals surface area (Å²) < 4.78 is 0. The lowest BCUT2D eigenvalue weighted by Gasteiger charge is -2.30. The molecule has 4 N–H and O–H groups in total. The van der Waals surface area contributed by atoms with Gasteiger partial charge in [0.25, 0.3) is 0 Å². The topological polar surface area (TPSA) is 67.2 Å². The third kappa shape index (κ3) is 4.21. The first kappa shape index (κ1) is 15.8. The van der Waals surface area contributed by atoms with Crippen LogP contribution in [-0.2, 0) is 0 Å². The minimum Gasteiger partial charge on any atom is -0.351 e. The van der Waals surface area contributed by atoms with Crippen LogP contribution in [0.4, 0.5) is 10.5 Å². The van der Waals surface area contributed by atoms with Crippen molar-refractivity contribution in [1.82, 2.24) is 5.32 Å². The van der Waals surface area contributed by atoms with Crippen LogP contribution < -0.4 is 16.4 Å². The van der Waals surface area contributed by atoms with E-state index in [2.05, 4.69) is 24.5 Å². The quantitative estimate of drug-likeness (QED) is 0.745. The molecule has 0 aromatic heterocycles. The number of primary amides is 1. The Hall–Kier alpha value is -1.55. The fourth-order valence-corrected chi connectivity index (χ4v) is 3.27. The van der Waals surface area contributed by atoms with Crippen LogP contribution in [0.2, 0.25) is 0 Å². The van der Waals surface area contributed by atoms with Gasteiger partial charge in [0.05, 0.1) is 0 Å². The number of nitrogens with one attached hydrogen (secondary N) is 2. The summed E-state index contributed by atoms with van der Waals surface area (Å²) in [6.45, 7) is 5.59. The van der Waals surface area contributed by atoms with Crippen molar-refractivity contribution in [2.24, 2.45) is 11.1 Å². The SMILES string of the molecule is CCC1(CNC(C)c2ccc(NC(N)=O)cc2)CCCC1. The summed E-state index contributed by atoms with van der Waals surface area (Å²) in [4.78, 5) is 10.8. The Bertz CT molecular complexity index is 463. The second kappa shape index (κ2) is 6.94. The van der Waals surface area contributed by atoms with E-state index in [-0.39, 0.29) is 0 Å². The van der Waals surface area contributed by atoms with E-state index in [4.69, 9.17) is 5.73 Å². The average Bonchev–Trinajstić information content (AvgIpc) is 2.94. The number of hydrogen-bond donors (Lipinski definition) is 3. The molecule has 2 amide bonds. The van der Waals surface area contributed by atoms with Crippen molar-refractivity contribution in [2.45, 2.75) is 52.0 Å². The lowest BCUT2D eigenvalue weighted by Crippen LogP contribution is -2.33. The Labute approximate surface area is 127 Å². The predicted molar refractivity (Wildman–Crippen MR) is 87.3 cm³/mol. The van der Waals surface area contributed by atoms with Crippen LogP contribution in [-0.4, -0.2) is 12.6 Å². The van der Waals surface area contributed by atoms with Gasteiger partial charge in [-0.25, -0.2) is 4.79 Å². The number of nitrogens with two attached hydrogens (primary N) is 1. The number of hydrogen-bond acceptors (Lipinski definition) is 2. The van der Waals surface area contributed by atoms with Crippen molar-refractivity contribution in [3.05, 3.63) is 29.8 Å². The van der Waals surface area contributed by atoms with Gasteiger partial charge in [-0.15, -0.1) is 0 Å². The van der Waals surface area contributed by atoms with Gasteiger partial charge < -0.3 is 16.4 Å². The van der Waals surface area contributed by atoms with Crippen LogP contribution >= 0.6 is 0 Å². The van der Waals surface area contributed by atoms with Gasteiger partial charge in [0, 0.05) is 18.3 Å². The van der Waals surface area contributed by atoms with Crippen molar-refractivity contribution >= 4 is 11.7 Å². The number of amides is 2. The van der Waals surface area contributed by atoms with Crippen LogP contribution in [0.5, 0.6) is 0 Å². The molecule has 1 saturated carbocycles. The number of carbonyl (C=O) groups excluding carboxylic acids is 1. The molecule has 0 radical (unpaired) electrons. The van der Waals surface area contributed by atoms with E-state index in [0.717, 1.165) is 12.2 Å². The van der Waals surface area contributed by atoms with Gasteiger partial charge in [0.2, 0.25) is 0 Å². The van der Waals surface area contributed by atoms with Gasteiger partial charge in [-0.2, -0.15) is 0 Å². The molecule has 0 spiro atoms. The van der Waals surface area contributed by atoms with Crippen LogP contribution in [0.15, 0.2) is 24.3 Å². The lowest BCUT2D eigenvalue weighted by molar-refractivity contribution is 0.258. The second-order valence-corrected chi connectivity index (χ2v) is 6.27. The highest BCUT2D eigenvalue weighted by Gasteiger charge is 2.31. The molecule has 1 unspecified atom stereocenters. The summed E-state index contributed by atoms with van der Waals surface area (Å²) in [6, 6.07) is 7.65. The normalized spacial score (nSPS) is 18.4. The summed E-state index contributed by atoms with van der Waals surface area (Å²) >= 11 is 0. The summed E-state index contributed by atoms with van der Waals surface area (Å²) in [7, 11) is 0. The maximum absolute atomic E-state index is 10.8.